The Labute approximate surface area is 115 Å². The van der Waals surface area contributed by atoms with Crippen LogP contribution in [0.15, 0.2) is 18.2 Å². The van der Waals surface area contributed by atoms with Gasteiger partial charge in [0, 0.05) is 29.8 Å². The van der Waals surface area contributed by atoms with Gasteiger partial charge in [0.15, 0.2) is 0 Å². The molecular weight excluding hydrogens is 244 g/mol. The zero-order valence-electron chi connectivity index (χ0n) is 11.4. The molecule has 0 saturated carbocycles. The molecule has 0 spiro atoms. The summed E-state index contributed by atoms with van der Waals surface area (Å²) in [5, 5.41) is 4.49. The Hall–Kier alpha value is -0.730. The predicted molar refractivity (Wildman–Crippen MR) is 79.6 cm³/mol. The SMILES string of the molecule is CCCN1CCC(Nc2cccc(Cl)c2C)CC1. The summed E-state index contributed by atoms with van der Waals surface area (Å²) in [4.78, 5) is 2.56. The Morgan fingerprint density at radius 1 is 1.33 bits per heavy atom. The number of likely N-dealkylation sites (tertiary alicyclic amines) is 1. The summed E-state index contributed by atoms with van der Waals surface area (Å²) in [6.07, 6.45) is 3.71. The van der Waals surface area contributed by atoms with Crippen molar-refractivity contribution in [2.75, 3.05) is 25.0 Å². The van der Waals surface area contributed by atoms with Gasteiger partial charge in [-0.05, 0) is 50.4 Å². The molecule has 1 saturated heterocycles. The van der Waals surface area contributed by atoms with Gasteiger partial charge in [0.05, 0.1) is 0 Å². The number of benzene rings is 1. The fourth-order valence-corrected chi connectivity index (χ4v) is 2.78. The molecule has 0 radical (unpaired) electrons. The molecule has 0 bridgehead atoms. The van der Waals surface area contributed by atoms with Crippen LogP contribution in [0, 0.1) is 6.92 Å². The second-order valence-electron chi connectivity index (χ2n) is 5.17. The average molecular weight is 267 g/mol. The van der Waals surface area contributed by atoms with Crippen LogP contribution >= 0.6 is 11.6 Å². The topological polar surface area (TPSA) is 15.3 Å². The third-order valence-electron chi connectivity index (χ3n) is 3.75. The van der Waals surface area contributed by atoms with E-state index >= 15 is 0 Å². The Kier molecular flexibility index (Phi) is 4.90. The van der Waals surface area contributed by atoms with Crippen molar-refractivity contribution >= 4 is 17.3 Å². The second-order valence-corrected chi connectivity index (χ2v) is 5.58. The third-order valence-corrected chi connectivity index (χ3v) is 4.16. The lowest BCUT2D eigenvalue weighted by Crippen LogP contribution is -2.39. The largest absolute Gasteiger partial charge is 0.382 e. The van der Waals surface area contributed by atoms with E-state index in [1.54, 1.807) is 0 Å². The van der Waals surface area contributed by atoms with Crippen molar-refractivity contribution in [3.05, 3.63) is 28.8 Å². The van der Waals surface area contributed by atoms with Crippen molar-refractivity contribution in [3.8, 4) is 0 Å². The summed E-state index contributed by atoms with van der Waals surface area (Å²) < 4.78 is 0. The van der Waals surface area contributed by atoms with E-state index in [1.807, 2.05) is 12.1 Å². The average Bonchev–Trinajstić information content (AvgIpc) is 2.38. The summed E-state index contributed by atoms with van der Waals surface area (Å²) in [5.74, 6) is 0. The minimum absolute atomic E-state index is 0.593. The van der Waals surface area contributed by atoms with E-state index in [4.69, 9.17) is 11.6 Å². The van der Waals surface area contributed by atoms with Crippen LogP contribution in [-0.4, -0.2) is 30.6 Å². The van der Waals surface area contributed by atoms with Crippen molar-refractivity contribution in [2.24, 2.45) is 0 Å². The van der Waals surface area contributed by atoms with E-state index in [1.165, 1.54) is 44.6 Å². The van der Waals surface area contributed by atoms with Crippen molar-refractivity contribution in [2.45, 2.75) is 39.2 Å². The molecule has 1 aromatic carbocycles. The van der Waals surface area contributed by atoms with Crippen LogP contribution in [-0.2, 0) is 0 Å². The van der Waals surface area contributed by atoms with Crippen LogP contribution in [0.1, 0.15) is 31.7 Å². The van der Waals surface area contributed by atoms with E-state index in [2.05, 4.69) is 30.1 Å². The Morgan fingerprint density at radius 2 is 2.06 bits per heavy atom. The zero-order valence-corrected chi connectivity index (χ0v) is 12.1. The van der Waals surface area contributed by atoms with Gasteiger partial charge in [-0.15, -0.1) is 0 Å². The van der Waals surface area contributed by atoms with Gasteiger partial charge in [-0.25, -0.2) is 0 Å². The fraction of sp³-hybridized carbons (Fsp3) is 0.600. The van der Waals surface area contributed by atoms with Gasteiger partial charge in [0.2, 0.25) is 0 Å². The highest BCUT2D eigenvalue weighted by molar-refractivity contribution is 6.31. The Morgan fingerprint density at radius 3 is 2.72 bits per heavy atom. The molecule has 0 atom stereocenters. The molecular formula is C15H23ClN2. The van der Waals surface area contributed by atoms with Crippen LogP contribution in [0.2, 0.25) is 5.02 Å². The minimum atomic E-state index is 0.593. The lowest BCUT2D eigenvalue weighted by molar-refractivity contribution is 0.219. The number of rotatable bonds is 4. The van der Waals surface area contributed by atoms with Crippen LogP contribution in [0.5, 0.6) is 0 Å². The molecule has 100 valence electrons. The van der Waals surface area contributed by atoms with Crippen LogP contribution in [0.25, 0.3) is 0 Å². The first-order chi connectivity index (χ1) is 8.70. The molecule has 0 amide bonds. The van der Waals surface area contributed by atoms with Gasteiger partial charge < -0.3 is 10.2 Å². The lowest BCUT2D eigenvalue weighted by atomic mass is 10.0. The highest BCUT2D eigenvalue weighted by Crippen LogP contribution is 2.25. The standard InChI is InChI=1S/C15H23ClN2/c1-3-9-18-10-7-13(8-11-18)17-15-6-4-5-14(16)12(15)2/h4-6,13,17H,3,7-11H2,1-2H3. The maximum Gasteiger partial charge on any atom is 0.0455 e. The van der Waals surface area contributed by atoms with E-state index < -0.39 is 0 Å². The number of nitrogens with one attached hydrogen (secondary N) is 1. The van der Waals surface area contributed by atoms with Crippen LogP contribution in [0.4, 0.5) is 5.69 Å². The van der Waals surface area contributed by atoms with Gasteiger partial charge >= 0.3 is 0 Å². The van der Waals surface area contributed by atoms with Crippen molar-refractivity contribution in [1.82, 2.24) is 4.90 Å². The molecule has 0 aromatic heterocycles. The Bertz CT molecular complexity index is 384. The maximum absolute atomic E-state index is 6.15. The van der Waals surface area contributed by atoms with E-state index in [0.29, 0.717) is 6.04 Å². The van der Waals surface area contributed by atoms with Gasteiger partial charge in [-0.2, -0.15) is 0 Å². The number of hydrogen-bond acceptors (Lipinski definition) is 2. The fourth-order valence-electron chi connectivity index (χ4n) is 2.60. The molecule has 2 nitrogen and oxygen atoms in total. The maximum atomic E-state index is 6.15. The molecule has 1 aliphatic rings. The molecule has 1 fully saturated rings. The summed E-state index contributed by atoms with van der Waals surface area (Å²) in [6, 6.07) is 6.69. The normalized spacial score (nSPS) is 17.9. The van der Waals surface area contributed by atoms with E-state index in [0.717, 1.165) is 10.6 Å². The summed E-state index contributed by atoms with van der Waals surface area (Å²) in [7, 11) is 0. The quantitative estimate of drug-likeness (QED) is 0.888. The smallest absolute Gasteiger partial charge is 0.0455 e. The monoisotopic (exact) mass is 266 g/mol. The molecule has 0 aliphatic carbocycles. The number of piperidine rings is 1. The van der Waals surface area contributed by atoms with Crippen molar-refractivity contribution in [1.29, 1.82) is 0 Å². The number of anilines is 1. The highest BCUT2D eigenvalue weighted by Gasteiger charge is 2.18. The van der Waals surface area contributed by atoms with Gasteiger partial charge in [-0.3, -0.25) is 0 Å². The number of hydrogen-bond donors (Lipinski definition) is 1. The van der Waals surface area contributed by atoms with Gasteiger partial charge in [0.1, 0.15) is 0 Å². The minimum Gasteiger partial charge on any atom is -0.382 e. The summed E-state index contributed by atoms with van der Waals surface area (Å²) >= 11 is 6.15. The van der Waals surface area contributed by atoms with E-state index in [-0.39, 0.29) is 0 Å². The molecule has 3 heteroatoms. The molecule has 2 rings (SSSR count). The van der Waals surface area contributed by atoms with E-state index in [9.17, 15) is 0 Å². The molecule has 1 N–H and O–H groups in total. The Balaban J connectivity index is 1.90. The van der Waals surface area contributed by atoms with Crippen LogP contribution in [0.3, 0.4) is 0 Å². The van der Waals surface area contributed by atoms with Crippen LogP contribution < -0.4 is 5.32 Å². The first kappa shape index (κ1) is 13.7. The highest BCUT2D eigenvalue weighted by atomic mass is 35.5. The van der Waals surface area contributed by atoms with Crippen molar-refractivity contribution in [3.63, 3.8) is 0 Å². The van der Waals surface area contributed by atoms with Crippen molar-refractivity contribution < 1.29 is 0 Å². The first-order valence-electron chi connectivity index (χ1n) is 6.94. The zero-order chi connectivity index (χ0) is 13.0. The first-order valence-corrected chi connectivity index (χ1v) is 7.32. The lowest BCUT2D eigenvalue weighted by Gasteiger charge is -2.33. The molecule has 0 unspecified atom stereocenters. The predicted octanol–water partition coefficient (Wildman–Crippen LogP) is 3.93. The molecule has 1 heterocycles. The third kappa shape index (κ3) is 3.39. The molecule has 18 heavy (non-hydrogen) atoms. The molecule has 1 aromatic rings. The molecule has 1 aliphatic heterocycles. The van der Waals surface area contributed by atoms with Gasteiger partial charge in [0.25, 0.3) is 0 Å². The van der Waals surface area contributed by atoms with Gasteiger partial charge in [-0.1, -0.05) is 24.6 Å². The second kappa shape index (κ2) is 6.44. The summed E-state index contributed by atoms with van der Waals surface area (Å²) in [6.45, 7) is 8.00. The summed E-state index contributed by atoms with van der Waals surface area (Å²) in [5.41, 5.74) is 2.35. The number of halogens is 1. The number of nitrogens with zero attached hydrogens (tertiary/aromatic N) is 1.